The van der Waals surface area contributed by atoms with Crippen LogP contribution in [0.2, 0.25) is 0 Å². The van der Waals surface area contributed by atoms with E-state index >= 15 is 0 Å². The molecule has 0 heterocycles. The van der Waals surface area contributed by atoms with Gasteiger partial charge in [0, 0.05) is 12.6 Å². The first-order valence-electron chi connectivity index (χ1n) is 6.74. The predicted octanol–water partition coefficient (Wildman–Crippen LogP) is 3.97. The largest absolute Gasteiger partial charge is 0.382 e. The van der Waals surface area contributed by atoms with Crippen molar-refractivity contribution in [1.82, 2.24) is 0 Å². The molecule has 19 heavy (non-hydrogen) atoms. The summed E-state index contributed by atoms with van der Waals surface area (Å²) < 4.78 is 13.7. The first-order valence-corrected chi connectivity index (χ1v) is 6.74. The van der Waals surface area contributed by atoms with Crippen LogP contribution >= 0.6 is 0 Å². The maximum absolute atomic E-state index is 13.7. The zero-order chi connectivity index (χ0) is 13.8. The van der Waals surface area contributed by atoms with Crippen molar-refractivity contribution < 1.29 is 9.31 Å². The van der Waals surface area contributed by atoms with E-state index in [1.165, 1.54) is 37.8 Å². The van der Waals surface area contributed by atoms with Crippen LogP contribution in [-0.2, 0) is 0 Å². The summed E-state index contributed by atoms with van der Waals surface area (Å²) in [5.41, 5.74) is 0.137. The first kappa shape index (κ1) is 13.8. The summed E-state index contributed by atoms with van der Waals surface area (Å²) in [5.74, 6) is 0.749. The molecule has 0 radical (unpaired) electrons. The second kappa shape index (κ2) is 5.99. The molecule has 1 fully saturated rings. The summed E-state index contributed by atoms with van der Waals surface area (Å²) in [6, 6.07) is 3.74. The van der Waals surface area contributed by atoms with Gasteiger partial charge >= 0.3 is 0 Å². The normalized spacial score (nSPS) is 23.1. The van der Waals surface area contributed by atoms with E-state index in [2.05, 4.69) is 12.2 Å². The van der Waals surface area contributed by atoms with Crippen LogP contribution in [0.3, 0.4) is 0 Å². The Kier molecular flexibility index (Phi) is 4.35. The molecule has 104 valence electrons. The van der Waals surface area contributed by atoms with E-state index in [0.29, 0.717) is 11.6 Å². The number of nitrogens with one attached hydrogen (secondary N) is 1. The third-order valence-electron chi connectivity index (χ3n) is 3.79. The Morgan fingerprint density at radius 2 is 2.26 bits per heavy atom. The van der Waals surface area contributed by atoms with Crippen LogP contribution in [0, 0.1) is 27.8 Å². The summed E-state index contributed by atoms with van der Waals surface area (Å²) in [6.45, 7) is 2.98. The quantitative estimate of drug-likeness (QED) is 0.662. The van der Waals surface area contributed by atoms with Crippen molar-refractivity contribution in [2.75, 3.05) is 11.9 Å². The van der Waals surface area contributed by atoms with Gasteiger partial charge in [-0.2, -0.15) is 0 Å². The summed E-state index contributed by atoms with van der Waals surface area (Å²) in [5, 5.41) is 13.6. The van der Waals surface area contributed by atoms with Crippen LogP contribution in [0.15, 0.2) is 18.2 Å². The number of nitrogens with zero attached hydrogens (tertiary/aromatic N) is 1. The molecule has 2 rings (SSSR count). The van der Waals surface area contributed by atoms with E-state index in [1.54, 1.807) is 0 Å². The summed E-state index contributed by atoms with van der Waals surface area (Å²) >= 11 is 0. The fourth-order valence-corrected chi connectivity index (χ4v) is 2.76. The first-order chi connectivity index (χ1) is 9.06. The molecule has 4 nitrogen and oxygen atoms in total. The van der Waals surface area contributed by atoms with Crippen LogP contribution in [0.25, 0.3) is 0 Å². The topological polar surface area (TPSA) is 55.2 Å². The lowest BCUT2D eigenvalue weighted by Crippen LogP contribution is -2.21. The third kappa shape index (κ3) is 3.66. The Balaban J connectivity index is 1.94. The van der Waals surface area contributed by atoms with Gasteiger partial charge in [-0.25, -0.2) is 4.39 Å². The van der Waals surface area contributed by atoms with Crippen molar-refractivity contribution >= 4 is 11.4 Å². The highest BCUT2D eigenvalue weighted by Crippen LogP contribution is 2.29. The number of rotatable bonds is 4. The molecule has 5 heteroatoms. The summed E-state index contributed by atoms with van der Waals surface area (Å²) in [6.07, 6.45) is 4.85. The maximum atomic E-state index is 13.7. The van der Waals surface area contributed by atoms with Crippen molar-refractivity contribution in [2.24, 2.45) is 11.8 Å². The van der Waals surface area contributed by atoms with E-state index in [9.17, 15) is 14.5 Å². The van der Waals surface area contributed by atoms with Crippen molar-refractivity contribution in [3.05, 3.63) is 34.1 Å². The molecular weight excluding hydrogens is 247 g/mol. The number of nitro groups is 1. The molecule has 1 aliphatic carbocycles. The summed E-state index contributed by atoms with van der Waals surface area (Å²) in [7, 11) is 0. The lowest BCUT2D eigenvalue weighted by Gasteiger charge is -2.27. The molecule has 2 unspecified atom stereocenters. The molecule has 1 aromatic rings. The molecule has 1 aromatic carbocycles. The number of nitro benzene ring substituents is 1. The van der Waals surface area contributed by atoms with E-state index in [4.69, 9.17) is 0 Å². The van der Waals surface area contributed by atoms with Crippen molar-refractivity contribution in [3.63, 3.8) is 0 Å². The van der Waals surface area contributed by atoms with Gasteiger partial charge in [-0.05, 0) is 30.7 Å². The smallest absolute Gasteiger partial charge is 0.272 e. The van der Waals surface area contributed by atoms with Crippen LogP contribution < -0.4 is 5.32 Å². The minimum absolute atomic E-state index is 0.214. The predicted molar refractivity (Wildman–Crippen MR) is 72.7 cm³/mol. The van der Waals surface area contributed by atoms with E-state index < -0.39 is 10.7 Å². The Labute approximate surface area is 112 Å². The highest BCUT2D eigenvalue weighted by molar-refractivity contribution is 5.50. The minimum atomic E-state index is -0.588. The number of halogens is 1. The molecule has 1 N–H and O–H groups in total. The van der Waals surface area contributed by atoms with Crippen LogP contribution in [-0.4, -0.2) is 11.5 Å². The Morgan fingerprint density at radius 3 is 2.89 bits per heavy atom. The molecule has 0 spiro atoms. The van der Waals surface area contributed by atoms with Crippen molar-refractivity contribution in [1.29, 1.82) is 0 Å². The van der Waals surface area contributed by atoms with Gasteiger partial charge in [0.15, 0.2) is 5.82 Å². The lowest BCUT2D eigenvalue weighted by atomic mass is 9.82. The number of anilines is 1. The zero-order valence-corrected chi connectivity index (χ0v) is 11.1. The number of benzene rings is 1. The zero-order valence-electron chi connectivity index (χ0n) is 11.1. The van der Waals surface area contributed by atoms with Crippen LogP contribution in [0.4, 0.5) is 15.8 Å². The Bertz CT molecular complexity index is 465. The van der Waals surface area contributed by atoms with Crippen LogP contribution in [0.1, 0.15) is 32.6 Å². The van der Waals surface area contributed by atoms with Gasteiger partial charge in [-0.3, -0.25) is 10.1 Å². The monoisotopic (exact) mass is 266 g/mol. The van der Waals surface area contributed by atoms with Crippen molar-refractivity contribution in [2.45, 2.75) is 32.6 Å². The van der Waals surface area contributed by atoms with Crippen molar-refractivity contribution in [3.8, 4) is 0 Å². The van der Waals surface area contributed by atoms with Gasteiger partial charge in [0.05, 0.1) is 16.7 Å². The van der Waals surface area contributed by atoms with Gasteiger partial charge in [0.1, 0.15) is 0 Å². The van der Waals surface area contributed by atoms with Gasteiger partial charge < -0.3 is 5.32 Å². The molecule has 0 aliphatic heterocycles. The number of hydrogen-bond acceptors (Lipinski definition) is 3. The Morgan fingerprint density at radius 1 is 1.47 bits per heavy atom. The highest BCUT2D eigenvalue weighted by atomic mass is 19.1. The standard InChI is InChI=1S/C14H19FN2O2/c1-10-3-2-4-11(7-10)9-16-14-6-5-12(17(18)19)8-13(14)15/h5-6,8,10-11,16H,2-4,7,9H2,1H3. The van der Waals surface area contributed by atoms with E-state index in [1.807, 2.05) is 0 Å². The molecule has 1 aliphatic rings. The van der Waals surface area contributed by atoms with E-state index in [-0.39, 0.29) is 5.69 Å². The van der Waals surface area contributed by atoms with Gasteiger partial charge in [0.25, 0.3) is 5.69 Å². The van der Waals surface area contributed by atoms with Gasteiger partial charge in [0.2, 0.25) is 0 Å². The van der Waals surface area contributed by atoms with Gasteiger partial charge in [-0.1, -0.05) is 19.8 Å². The maximum Gasteiger partial charge on any atom is 0.272 e. The highest BCUT2D eigenvalue weighted by Gasteiger charge is 2.19. The second-order valence-electron chi connectivity index (χ2n) is 5.44. The average molecular weight is 266 g/mol. The molecule has 0 saturated heterocycles. The number of non-ortho nitro benzene ring substituents is 1. The van der Waals surface area contributed by atoms with Crippen LogP contribution in [0.5, 0.6) is 0 Å². The molecule has 0 amide bonds. The molecule has 1 saturated carbocycles. The fraction of sp³-hybridized carbons (Fsp3) is 0.571. The number of hydrogen-bond donors (Lipinski definition) is 1. The molecule has 0 bridgehead atoms. The average Bonchev–Trinajstić information content (AvgIpc) is 2.37. The van der Waals surface area contributed by atoms with Gasteiger partial charge in [-0.15, -0.1) is 0 Å². The SMILES string of the molecule is CC1CCCC(CNc2ccc([N+](=O)[O-])cc2F)C1. The minimum Gasteiger partial charge on any atom is -0.382 e. The van der Waals surface area contributed by atoms with E-state index in [0.717, 1.165) is 18.5 Å². The third-order valence-corrected chi connectivity index (χ3v) is 3.79. The lowest BCUT2D eigenvalue weighted by molar-refractivity contribution is -0.385. The molecule has 2 atom stereocenters. The fourth-order valence-electron chi connectivity index (χ4n) is 2.76. The second-order valence-corrected chi connectivity index (χ2v) is 5.44. The Hall–Kier alpha value is -1.65. The summed E-state index contributed by atoms with van der Waals surface area (Å²) in [4.78, 5) is 9.94. The molecular formula is C14H19FN2O2. The molecule has 0 aromatic heterocycles.